The van der Waals surface area contributed by atoms with Crippen molar-refractivity contribution in [3.8, 4) is 0 Å². The zero-order chi connectivity index (χ0) is 61.6. The number of nitrogens with one attached hydrogen (secondary N) is 1. The summed E-state index contributed by atoms with van der Waals surface area (Å²) in [6, 6.07) is -0.824. The average Bonchev–Trinajstić information content (AvgIpc) is 3.29. The van der Waals surface area contributed by atoms with Gasteiger partial charge in [-0.1, -0.05) is 335 Å². The average molecular weight is 1210 g/mol. The van der Waals surface area contributed by atoms with Crippen LogP contribution in [0.1, 0.15) is 354 Å². The lowest BCUT2D eigenvalue weighted by molar-refractivity contribution is -0.359. The summed E-state index contributed by atoms with van der Waals surface area (Å²) >= 11 is 0. The van der Waals surface area contributed by atoms with Crippen molar-refractivity contribution in [2.45, 2.75) is 428 Å². The van der Waals surface area contributed by atoms with Crippen LogP contribution in [0.2, 0.25) is 0 Å². The van der Waals surface area contributed by atoms with Gasteiger partial charge in [-0.25, -0.2) is 0 Å². The topological polar surface area (TPSA) is 228 Å². The molecule has 0 spiro atoms. The summed E-state index contributed by atoms with van der Waals surface area (Å²) < 4.78 is 22.9. The quantitative estimate of drug-likeness (QED) is 0.0259. The van der Waals surface area contributed by atoms with Crippen molar-refractivity contribution in [3.63, 3.8) is 0 Å². The summed E-state index contributed by atoms with van der Waals surface area (Å²) in [4.78, 5) is 13.3. The zero-order valence-corrected chi connectivity index (χ0v) is 55.1. The highest BCUT2D eigenvalue weighted by Crippen LogP contribution is 2.30. The van der Waals surface area contributed by atoms with Gasteiger partial charge >= 0.3 is 0 Å². The second kappa shape index (κ2) is 56.9. The molecule has 0 radical (unpaired) electrons. The summed E-state index contributed by atoms with van der Waals surface area (Å²) in [6.45, 7) is 2.93. The minimum atomic E-state index is -1.78. The maximum Gasteiger partial charge on any atom is 0.220 e. The summed E-state index contributed by atoms with van der Waals surface area (Å²) in [7, 11) is 0. The van der Waals surface area contributed by atoms with Crippen LogP contribution in [0, 0.1) is 0 Å². The fourth-order valence-corrected chi connectivity index (χ4v) is 12.7. The van der Waals surface area contributed by atoms with Gasteiger partial charge in [-0.15, -0.1) is 0 Å². The third-order valence-electron chi connectivity index (χ3n) is 18.6. The molecule has 0 saturated carbocycles. The van der Waals surface area contributed by atoms with Crippen LogP contribution in [0.15, 0.2) is 0 Å². The smallest absolute Gasteiger partial charge is 0.220 e. The van der Waals surface area contributed by atoms with E-state index in [4.69, 9.17) is 18.9 Å². The van der Waals surface area contributed by atoms with Crippen molar-refractivity contribution >= 4 is 5.91 Å². The number of rotatable bonds is 62. The number of ether oxygens (including phenoxy) is 4. The van der Waals surface area contributed by atoms with Crippen molar-refractivity contribution in [2.24, 2.45) is 0 Å². The van der Waals surface area contributed by atoms with E-state index >= 15 is 0 Å². The third kappa shape index (κ3) is 41.2. The number of aliphatic hydroxyl groups is 8. The minimum Gasteiger partial charge on any atom is -0.394 e. The van der Waals surface area contributed by atoms with Crippen molar-refractivity contribution < 1.29 is 64.6 Å². The van der Waals surface area contributed by atoms with Gasteiger partial charge in [0.2, 0.25) is 5.91 Å². The molecule has 85 heavy (non-hydrogen) atoms. The first kappa shape index (κ1) is 80.1. The first-order chi connectivity index (χ1) is 41.6. The van der Waals surface area contributed by atoms with Gasteiger partial charge in [0, 0.05) is 6.42 Å². The fraction of sp³-hybridized carbons (Fsp3) is 0.986. The predicted octanol–water partition coefficient (Wildman–Crippen LogP) is 15.2. The van der Waals surface area contributed by atoms with Gasteiger partial charge in [0.05, 0.1) is 32.0 Å². The number of hydrogen-bond donors (Lipinski definition) is 9. The fourth-order valence-electron chi connectivity index (χ4n) is 12.7. The van der Waals surface area contributed by atoms with Gasteiger partial charge in [0.15, 0.2) is 12.6 Å². The Morgan fingerprint density at radius 3 is 1.00 bits per heavy atom. The van der Waals surface area contributed by atoms with Gasteiger partial charge in [-0.2, -0.15) is 0 Å². The maximum absolute atomic E-state index is 13.3. The Kier molecular flexibility index (Phi) is 53.6. The van der Waals surface area contributed by atoms with E-state index in [2.05, 4.69) is 19.2 Å². The maximum atomic E-state index is 13.3. The number of carbonyl (C=O) groups excluding carboxylic acids is 1. The van der Waals surface area contributed by atoms with Crippen LogP contribution in [-0.4, -0.2) is 140 Å². The molecule has 0 aliphatic carbocycles. The Labute approximate surface area is 521 Å². The molecule has 14 nitrogen and oxygen atoms in total. The molecule has 14 heteroatoms. The van der Waals surface area contributed by atoms with E-state index in [1.165, 1.54) is 276 Å². The Balaban J connectivity index is 1.59. The van der Waals surface area contributed by atoms with Gasteiger partial charge in [-0.3, -0.25) is 4.79 Å². The molecular weight excluding hydrogens is 1070 g/mol. The molecule has 2 saturated heterocycles. The molecule has 2 heterocycles. The lowest BCUT2D eigenvalue weighted by atomic mass is 9.97. The molecule has 0 bridgehead atoms. The normalized spacial score (nSPS) is 23.4. The summed E-state index contributed by atoms with van der Waals surface area (Å²) in [6.07, 6.45) is 51.4. The van der Waals surface area contributed by atoms with Crippen LogP contribution in [0.4, 0.5) is 0 Å². The van der Waals surface area contributed by atoms with Gasteiger partial charge in [0.25, 0.3) is 0 Å². The van der Waals surface area contributed by atoms with Gasteiger partial charge < -0.3 is 65.1 Å². The molecule has 2 fully saturated rings. The van der Waals surface area contributed by atoms with Gasteiger partial charge in [-0.05, 0) is 12.8 Å². The lowest BCUT2D eigenvalue weighted by Crippen LogP contribution is -2.65. The van der Waals surface area contributed by atoms with E-state index in [0.717, 1.165) is 51.4 Å². The number of aliphatic hydroxyl groups excluding tert-OH is 8. The second-order valence-corrected chi connectivity index (χ2v) is 26.4. The molecule has 2 aliphatic rings. The molecule has 506 valence electrons. The van der Waals surface area contributed by atoms with Crippen LogP contribution < -0.4 is 5.32 Å². The lowest BCUT2D eigenvalue weighted by Gasteiger charge is -2.46. The van der Waals surface area contributed by atoms with Gasteiger partial charge in [0.1, 0.15) is 48.8 Å². The van der Waals surface area contributed by atoms with E-state index in [1.807, 2.05) is 0 Å². The molecule has 0 aromatic carbocycles. The van der Waals surface area contributed by atoms with Crippen molar-refractivity contribution in [1.29, 1.82) is 0 Å². The summed E-state index contributed by atoms with van der Waals surface area (Å²) in [5.74, 6) is -0.197. The van der Waals surface area contributed by atoms with Crippen LogP contribution in [0.25, 0.3) is 0 Å². The highest BCUT2D eigenvalue weighted by molar-refractivity contribution is 5.76. The van der Waals surface area contributed by atoms with Crippen LogP contribution in [0.3, 0.4) is 0 Å². The Bertz CT molecular complexity index is 1430. The molecule has 2 rings (SSSR count). The monoisotopic (exact) mass is 1210 g/mol. The first-order valence-corrected chi connectivity index (χ1v) is 36.8. The second-order valence-electron chi connectivity index (χ2n) is 26.4. The molecule has 12 unspecified atom stereocenters. The Hall–Kier alpha value is -1.01. The van der Waals surface area contributed by atoms with E-state index in [9.17, 15) is 45.6 Å². The van der Waals surface area contributed by atoms with Crippen molar-refractivity contribution in [2.75, 3.05) is 19.8 Å². The van der Waals surface area contributed by atoms with E-state index in [1.54, 1.807) is 0 Å². The van der Waals surface area contributed by atoms with Crippen LogP contribution in [0.5, 0.6) is 0 Å². The van der Waals surface area contributed by atoms with Crippen molar-refractivity contribution in [3.05, 3.63) is 0 Å². The molecule has 9 N–H and O–H groups in total. The first-order valence-electron chi connectivity index (χ1n) is 36.8. The molecule has 0 aromatic rings. The number of hydrogen-bond acceptors (Lipinski definition) is 13. The standard InChI is InChI=1S/C71H139NO13/c1-3-5-7-9-11-13-15-17-19-21-22-23-24-25-26-27-28-29-30-31-32-33-34-35-36-37-39-41-43-45-47-49-51-53-55-63(76)72-59(60(75)54-52-50-48-46-44-42-40-38-20-18-16-14-12-10-8-6-4-2)58-82-70-68(81)66(79)69(62(57-74)84-70)85-71-67(80)65(78)64(77)61(56-73)83-71/h59-62,64-71,73-75,77-81H,3-58H2,1-2H3,(H,72,76). The van der Waals surface area contributed by atoms with E-state index < -0.39 is 86.8 Å². The number of amides is 1. The third-order valence-corrected chi connectivity index (χ3v) is 18.6. The van der Waals surface area contributed by atoms with E-state index in [-0.39, 0.29) is 12.5 Å². The molecule has 0 aromatic heterocycles. The summed E-state index contributed by atoms with van der Waals surface area (Å²) in [5, 5.41) is 87.6. The van der Waals surface area contributed by atoms with Crippen LogP contribution in [-0.2, 0) is 23.7 Å². The largest absolute Gasteiger partial charge is 0.394 e. The molecule has 2 aliphatic heterocycles. The van der Waals surface area contributed by atoms with Crippen LogP contribution >= 0.6 is 0 Å². The molecule has 1 amide bonds. The highest BCUT2D eigenvalue weighted by Gasteiger charge is 2.51. The number of carbonyl (C=O) groups is 1. The highest BCUT2D eigenvalue weighted by atomic mass is 16.7. The minimum absolute atomic E-state index is 0.197. The molecule has 12 atom stereocenters. The SMILES string of the molecule is CCCCCCCCCCCCCCCCCCCCCCCCCCCCCCCCCCCCC(=O)NC(COC1OC(CO)C(OC2OC(CO)C(O)C(O)C2O)C(O)C1O)C(O)CCCCCCCCCCCCCCCCCCC. The van der Waals surface area contributed by atoms with E-state index in [0.29, 0.717) is 12.8 Å². The number of unbranched alkanes of at least 4 members (excludes halogenated alkanes) is 49. The zero-order valence-electron chi connectivity index (χ0n) is 55.1. The Morgan fingerprint density at radius 1 is 0.376 bits per heavy atom. The summed E-state index contributed by atoms with van der Waals surface area (Å²) in [5.41, 5.74) is 0. The van der Waals surface area contributed by atoms with Crippen molar-refractivity contribution in [1.82, 2.24) is 5.32 Å². The Morgan fingerprint density at radius 2 is 0.671 bits per heavy atom. The predicted molar refractivity (Wildman–Crippen MR) is 346 cm³/mol. The molecular formula is C71H139NO13.